The summed E-state index contributed by atoms with van der Waals surface area (Å²) >= 11 is 0. The van der Waals surface area contributed by atoms with E-state index in [0.717, 1.165) is 49.2 Å². The van der Waals surface area contributed by atoms with Crippen LogP contribution in [0.4, 0.5) is 5.82 Å². The summed E-state index contributed by atoms with van der Waals surface area (Å²) in [5, 5.41) is 7.85. The smallest absolute Gasteiger partial charge is 0.309 e. The SMILES string of the molecule is COC(=O)C1CC12CCN(c1ncnc3[nH]ncc13)CC2. The summed E-state index contributed by atoms with van der Waals surface area (Å²) in [7, 11) is 1.47. The number of aromatic amines is 1. The molecule has 7 heteroatoms. The maximum absolute atomic E-state index is 11.7. The Morgan fingerprint density at radius 3 is 3.00 bits per heavy atom. The highest BCUT2D eigenvalue weighted by molar-refractivity contribution is 5.86. The van der Waals surface area contributed by atoms with Gasteiger partial charge in [0.2, 0.25) is 0 Å². The Labute approximate surface area is 121 Å². The number of carbonyl (C=O) groups excluding carboxylic acids is 1. The first-order chi connectivity index (χ1) is 10.2. The monoisotopic (exact) mass is 287 g/mol. The van der Waals surface area contributed by atoms with Crippen molar-refractivity contribution in [3.05, 3.63) is 12.5 Å². The second-order valence-electron chi connectivity index (χ2n) is 5.96. The van der Waals surface area contributed by atoms with E-state index in [1.54, 1.807) is 12.5 Å². The lowest BCUT2D eigenvalue weighted by atomic mass is 9.90. The van der Waals surface area contributed by atoms with Gasteiger partial charge in [0.25, 0.3) is 0 Å². The van der Waals surface area contributed by atoms with Crippen molar-refractivity contribution in [2.75, 3.05) is 25.1 Å². The second kappa shape index (κ2) is 4.41. The number of fused-ring (bicyclic) bond motifs is 1. The standard InChI is InChI=1S/C14H17N5O2/c1-21-13(20)10-6-14(10)2-4-19(5-3-14)12-9-7-17-18-11(9)15-8-16-12/h7-8,10H,2-6H2,1H3,(H,15,16,17,18). The largest absolute Gasteiger partial charge is 0.469 e. The maximum atomic E-state index is 11.7. The van der Waals surface area contributed by atoms with Gasteiger partial charge < -0.3 is 9.64 Å². The van der Waals surface area contributed by atoms with Crippen molar-refractivity contribution in [2.45, 2.75) is 19.3 Å². The van der Waals surface area contributed by atoms with Crippen LogP contribution in [0.2, 0.25) is 0 Å². The number of aromatic nitrogens is 4. The molecule has 0 radical (unpaired) electrons. The van der Waals surface area contributed by atoms with Crippen LogP contribution in [0.3, 0.4) is 0 Å². The lowest BCUT2D eigenvalue weighted by molar-refractivity contribution is -0.143. The maximum Gasteiger partial charge on any atom is 0.309 e. The molecule has 1 unspecified atom stereocenters. The van der Waals surface area contributed by atoms with E-state index in [2.05, 4.69) is 25.1 Å². The van der Waals surface area contributed by atoms with Crippen LogP contribution in [0, 0.1) is 11.3 Å². The fourth-order valence-electron chi connectivity index (χ4n) is 3.54. The van der Waals surface area contributed by atoms with Crippen LogP contribution < -0.4 is 4.90 Å². The zero-order valence-electron chi connectivity index (χ0n) is 11.9. The molecule has 4 rings (SSSR count). The fraction of sp³-hybridized carbons (Fsp3) is 0.571. The van der Waals surface area contributed by atoms with Crippen LogP contribution >= 0.6 is 0 Å². The van der Waals surface area contributed by atoms with Gasteiger partial charge in [-0.05, 0) is 24.7 Å². The number of anilines is 1. The molecule has 1 spiro atoms. The number of piperidine rings is 1. The van der Waals surface area contributed by atoms with Crippen LogP contribution in [0.1, 0.15) is 19.3 Å². The predicted octanol–water partition coefficient (Wildman–Crippen LogP) is 1.13. The van der Waals surface area contributed by atoms with Gasteiger partial charge in [-0.3, -0.25) is 9.89 Å². The van der Waals surface area contributed by atoms with Crippen LogP contribution in [0.5, 0.6) is 0 Å². The summed E-state index contributed by atoms with van der Waals surface area (Å²) in [5.41, 5.74) is 0.936. The topological polar surface area (TPSA) is 84.0 Å². The number of nitrogens with one attached hydrogen (secondary N) is 1. The molecule has 2 aliphatic rings. The Morgan fingerprint density at radius 1 is 1.43 bits per heavy atom. The van der Waals surface area contributed by atoms with E-state index in [1.807, 2.05) is 0 Å². The summed E-state index contributed by atoms with van der Waals surface area (Å²) in [6.45, 7) is 1.82. The molecule has 1 saturated heterocycles. The zero-order valence-corrected chi connectivity index (χ0v) is 11.9. The van der Waals surface area contributed by atoms with Crippen molar-refractivity contribution < 1.29 is 9.53 Å². The van der Waals surface area contributed by atoms with Gasteiger partial charge in [-0.25, -0.2) is 9.97 Å². The van der Waals surface area contributed by atoms with Crippen molar-refractivity contribution >= 4 is 22.8 Å². The molecule has 1 N–H and O–H groups in total. The van der Waals surface area contributed by atoms with Crippen LogP contribution in [0.25, 0.3) is 11.0 Å². The summed E-state index contributed by atoms with van der Waals surface area (Å²) in [6, 6.07) is 0. The first kappa shape index (κ1) is 12.6. The van der Waals surface area contributed by atoms with Gasteiger partial charge in [0.15, 0.2) is 5.65 Å². The third-order valence-corrected chi connectivity index (χ3v) is 4.96. The summed E-state index contributed by atoms with van der Waals surface area (Å²) in [6.07, 6.45) is 6.32. The van der Waals surface area contributed by atoms with Gasteiger partial charge in [0.05, 0.1) is 24.6 Å². The van der Waals surface area contributed by atoms with Crippen molar-refractivity contribution in [3.8, 4) is 0 Å². The number of H-pyrrole nitrogens is 1. The minimum atomic E-state index is -0.0530. The Bertz CT molecular complexity index is 689. The number of rotatable bonds is 2. The van der Waals surface area contributed by atoms with Gasteiger partial charge in [-0.1, -0.05) is 0 Å². The third kappa shape index (κ3) is 1.87. The van der Waals surface area contributed by atoms with Crippen molar-refractivity contribution in [3.63, 3.8) is 0 Å². The zero-order chi connectivity index (χ0) is 14.4. The van der Waals surface area contributed by atoms with E-state index in [4.69, 9.17) is 4.74 Å². The molecule has 1 saturated carbocycles. The molecular weight excluding hydrogens is 270 g/mol. The highest BCUT2D eigenvalue weighted by Crippen LogP contribution is 2.60. The molecule has 2 aromatic heterocycles. The number of esters is 1. The van der Waals surface area contributed by atoms with Crippen LogP contribution in [0.15, 0.2) is 12.5 Å². The highest BCUT2D eigenvalue weighted by Gasteiger charge is 2.59. The van der Waals surface area contributed by atoms with E-state index < -0.39 is 0 Å². The number of carbonyl (C=O) groups is 1. The van der Waals surface area contributed by atoms with Crippen molar-refractivity contribution in [2.24, 2.45) is 11.3 Å². The van der Waals surface area contributed by atoms with E-state index in [-0.39, 0.29) is 17.3 Å². The van der Waals surface area contributed by atoms with E-state index in [0.29, 0.717) is 0 Å². The third-order valence-electron chi connectivity index (χ3n) is 4.96. The summed E-state index contributed by atoms with van der Waals surface area (Å²) < 4.78 is 4.87. The quantitative estimate of drug-likeness (QED) is 0.834. The summed E-state index contributed by atoms with van der Waals surface area (Å²) in [4.78, 5) is 22.5. The fourth-order valence-corrected chi connectivity index (χ4v) is 3.54. The molecule has 0 amide bonds. The normalized spacial score (nSPS) is 23.5. The number of methoxy groups -OCH3 is 1. The van der Waals surface area contributed by atoms with Crippen molar-refractivity contribution in [1.29, 1.82) is 0 Å². The van der Waals surface area contributed by atoms with E-state index >= 15 is 0 Å². The molecule has 1 aliphatic heterocycles. The number of hydrogen-bond acceptors (Lipinski definition) is 6. The van der Waals surface area contributed by atoms with Crippen molar-refractivity contribution in [1.82, 2.24) is 20.2 Å². The number of ether oxygens (including phenoxy) is 1. The molecule has 110 valence electrons. The molecular formula is C14H17N5O2. The average Bonchev–Trinajstić information content (AvgIpc) is 2.99. The molecule has 1 aliphatic carbocycles. The minimum Gasteiger partial charge on any atom is -0.469 e. The molecule has 2 aromatic rings. The Kier molecular flexibility index (Phi) is 2.63. The predicted molar refractivity (Wildman–Crippen MR) is 75.7 cm³/mol. The Morgan fingerprint density at radius 2 is 2.24 bits per heavy atom. The van der Waals surface area contributed by atoms with E-state index in [1.165, 1.54) is 7.11 Å². The molecule has 21 heavy (non-hydrogen) atoms. The number of hydrogen-bond donors (Lipinski definition) is 1. The molecule has 0 bridgehead atoms. The van der Waals surface area contributed by atoms with Gasteiger partial charge in [0, 0.05) is 13.1 Å². The summed E-state index contributed by atoms with van der Waals surface area (Å²) in [5.74, 6) is 0.977. The molecule has 2 fully saturated rings. The van der Waals surface area contributed by atoms with Gasteiger partial charge >= 0.3 is 5.97 Å². The highest BCUT2D eigenvalue weighted by atomic mass is 16.5. The van der Waals surface area contributed by atoms with Crippen LogP contribution in [-0.2, 0) is 9.53 Å². The van der Waals surface area contributed by atoms with Gasteiger partial charge in [-0.2, -0.15) is 5.10 Å². The lowest BCUT2D eigenvalue weighted by Gasteiger charge is -2.33. The van der Waals surface area contributed by atoms with Crippen LogP contribution in [-0.4, -0.2) is 46.3 Å². The van der Waals surface area contributed by atoms with Gasteiger partial charge in [-0.15, -0.1) is 0 Å². The minimum absolute atomic E-state index is 0.0530. The lowest BCUT2D eigenvalue weighted by Crippen LogP contribution is -2.36. The number of nitrogens with zero attached hydrogens (tertiary/aromatic N) is 4. The first-order valence-electron chi connectivity index (χ1n) is 7.20. The first-order valence-corrected chi connectivity index (χ1v) is 7.20. The molecule has 1 atom stereocenters. The molecule has 3 heterocycles. The molecule has 0 aromatic carbocycles. The van der Waals surface area contributed by atoms with Gasteiger partial charge in [0.1, 0.15) is 12.1 Å². The molecule has 7 nitrogen and oxygen atoms in total. The second-order valence-corrected chi connectivity index (χ2v) is 5.96. The van der Waals surface area contributed by atoms with E-state index in [9.17, 15) is 4.79 Å². The Balaban J connectivity index is 1.51. The Hall–Kier alpha value is -2.18. The average molecular weight is 287 g/mol.